The molecule has 3 heterocycles. The van der Waals surface area contributed by atoms with Gasteiger partial charge in [-0.25, -0.2) is 4.98 Å². The van der Waals surface area contributed by atoms with Crippen molar-refractivity contribution in [3.8, 4) is 10.6 Å². The van der Waals surface area contributed by atoms with E-state index in [0.29, 0.717) is 37.3 Å². The van der Waals surface area contributed by atoms with Crippen LogP contribution in [0.1, 0.15) is 6.42 Å². The molecule has 1 saturated heterocycles. The molecule has 1 saturated carbocycles. The van der Waals surface area contributed by atoms with Crippen LogP contribution in [-0.2, 0) is 4.74 Å². The van der Waals surface area contributed by atoms with Gasteiger partial charge >= 0.3 is 0 Å². The maximum atomic E-state index is 13.2. The van der Waals surface area contributed by atoms with Crippen molar-refractivity contribution in [3.05, 3.63) is 34.6 Å². The average Bonchev–Trinajstić information content (AvgIpc) is 3.30. The first-order chi connectivity index (χ1) is 15.0. The summed E-state index contributed by atoms with van der Waals surface area (Å²) in [6.07, 6.45) is -3.38. The fraction of sp³-hybridized carbons (Fsp3) is 0.450. The Labute approximate surface area is 181 Å². The zero-order valence-corrected chi connectivity index (χ0v) is 17.4. The predicted molar refractivity (Wildman–Crippen MR) is 117 cm³/mol. The third-order valence-electron chi connectivity index (χ3n) is 5.70. The van der Waals surface area contributed by atoms with Gasteiger partial charge in [-0.3, -0.25) is 9.78 Å². The molecule has 10 nitrogen and oxygen atoms in total. The highest BCUT2D eigenvalue weighted by Gasteiger charge is 2.41. The first-order valence-electron chi connectivity index (χ1n) is 10.1. The molecule has 1 aromatic carbocycles. The van der Waals surface area contributed by atoms with Crippen molar-refractivity contribution in [2.45, 2.75) is 30.8 Å². The number of thiazole rings is 1. The Balaban J connectivity index is 1.59. The minimum Gasteiger partial charge on any atom is -0.390 e. The van der Waals surface area contributed by atoms with E-state index in [-0.39, 0.29) is 23.4 Å². The average molecular weight is 446 g/mol. The standard InChI is InChI=1S/C20H23N5O5S/c26-12-9-11(15(27)16(12)28)21-17-14(19-22-10-3-1-2-4-13(10)31-19)18(29)24-20(23-17)25-5-7-30-8-6-25/h1-4,11-12,15-16,26-28H,5-9H2,(H2,21,23,24,29)/t11-,12+,15+,16-/m1/s1. The molecule has 11 heteroatoms. The molecule has 4 atom stereocenters. The van der Waals surface area contributed by atoms with Crippen LogP contribution in [0, 0.1) is 0 Å². The molecule has 0 radical (unpaired) electrons. The van der Waals surface area contributed by atoms with Crippen LogP contribution in [0.2, 0.25) is 0 Å². The lowest BCUT2D eigenvalue weighted by atomic mass is 10.2. The van der Waals surface area contributed by atoms with Gasteiger partial charge in [-0.2, -0.15) is 4.98 Å². The number of aliphatic hydroxyl groups excluding tert-OH is 3. The van der Waals surface area contributed by atoms with E-state index in [9.17, 15) is 20.1 Å². The molecule has 1 aliphatic carbocycles. The predicted octanol–water partition coefficient (Wildman–Crippen LogP) is 0.150. The van der Waals surface area contributed by atoms with Gasteiger partial charge in [0.15, 0.2) is 0 Å². The van der Waals surface area contributed by atoms with Crippen LogP contribution in [0.4, 0.5) is 11.8 Å². The number of hydrogen-bond donors (Lipinski definition) is 5. The van der Waals surface area contributed by atoms with E-state index in [2.05, 4.69) is 20.3 Å². The van der Waals surface area contributed by atoms with Crippen molar-refractivity contribution in [1.82, 2.24) is 15.0 Å². The van der Waals surface area contributed by atoms with Crippen molar-refractivity contribution in [2.24, 2.45) is 0 Å². The molecule has 2 aliphatic rings. The van der Waals surface area contributed by atoms with E-state index in [4.69, 9.17) is 4.74 Å². The second-order valence-electron chi connectivity index (χ2n) is 7.73. The molecular formula is C20H23N5O5S. The highest BCUT2D eigenvalue weighted by atomic mass is 32.1. The molecule has 3 aromatic rings. The Morgan fingerprint density at radius 1 is 1.13 bits per heavy atom. The summed E-state index contributed by atoms with van der Waals surface area (Å²) < 4.78 is 6.32. The van der Waals surface area contributed by atoms with Crippen molar-refractivity contribution < 1.29 is 20.1 Å². The minimum absolute atomic E-state index is 0.128. The number of hydrogen-bond acceptors (Lipinski definition) is 10. The number of morpholine rings is 1. The molecule has 5 N–H and O–H groups in total. The number of fused-ring (bicyclic) bond motifs is 1. The third kappa shape index (κ3) is 3.79. The fourth-order valence-electron chi connectivity index (χ4n) is 3.99. The molecule has 164 valence electrons. The van der Waals surface area contributed by atoms with Crippen molar-refractivity contribution in [1.29, 1.82) is 0 Å². The Kier molecular flexibility index (Phi) is 5.36. The van der Waals surface area contributed by atoms with Crippen LogP contribution in [0.15, 0.2) is 29.1 Å². The van der Waals surface area contributed by atoms with Gasteiger partial charge in [0.25, 0.3) is 5.56 Å². The van der Waals surface area contributed by atoms with E-state index in [1.165, 1.54) is 11.3 Å². The number of aromatic amines is 1. The second kappa shape index (κ2) is 8.17. The summed E-state index contributed by atoms with van der Waals surface area (Å²) in [5.74, 6) is 0.656. The summed E-state index contributed by atoms with van der Waals surface area (Å²) in [5.41, 5.74) is 0.685. The van der Waals surface area contributed by atoms with Crippen LogP contribution in [-0.4, -0.2) is 80.9 Å². The Morgan fingerprint density at radius 2 is 1.90 bits per heavy atom. The topological polar surface area (TPSA) is 144 Å². The van der Waals surface area contributed by atoms with Gasteiger partial charge in [-0.1, -0.05) is 12.1 Å². The number of H-pyrrole nitrogens is 1. The van der Waals surface area contributed by atoms with Crippen molar-refractivity contribution in [2.75, 3.05) is 36.5 Å². The summed E-state index contributed by atoms with van der Waals surface area (Å²) in [7, 11) is 0. The number of para-hydroxylation sites is 1. The smallest absolute Gasteiger partial charge is 0.264 e. The number of nitrogens with one attached hydrogen (secondary N) is 2. The van der Waals surface area contributed by atoms with Crippen molar-refractivity contribution >= 4 is 33.3 Å². The van der Waals surface area contributed by atoms with Gasteiger partial charge < -0.3 is 30.3 Å². The normalized spacial score (nSPS) is 26.5. The maximum Gasteiger partial charge on any atom is 0.264 e. The quantitative estimate of drug-likeness (QED) is 0.379. The number of benzene rings is 1. The van der Waals surface area contributed by atoms with E-state index >= 15 is 0 Å². The highest BCUT2D eigenvalue weighted by molar-refractivity contribution is 7.21. The zero-order valence-electron chi connectivity index (χ0n) is 16.6. The SMILES string of the molecule is O=c1[nH]c(N2CCOCC2)nc(N[C@@H]2C[C@H](O)[C@@H](O)[C@H]2O)c1-c1nc2ccccc2s1. The van der Waals surface area contributed by atoms with Gasteiger partial charge in [0.1, 0.15) is 28.6 Å². The van der Waals surface area contributed by atoms with E-state index in [0.717, 1.165) is 10.2 Å². The van der Waals surface area contributed by atoms with E-state index in [1.54, 1.807) is 0 Å². The number of aliphatic hydroxyl groups is 3. The fourth-order valence-corrected chi connectivity index (χ4v) is 5.00. The van der Waals surface area contributed by atoms with Crippen LogP contribution < -0.4 is 15.8 Å². The molecule has 2 aromatic heterocycles. The summed E-state index contributed by atoms with van der Waals surface area (Å²) in [6.45, 7) is 2.25. The number of ether oxygens (including phenoxy) is 1. The lowest BCUT2D eigenvalue weighted by Crippen LogP contribution is -2.39. The highest BCUT2D eigenvalue weighted by Crippen LogP contribution is 2.34. The number of aromatic nitrogens is 3. The minimum atomic E-state index is -1.26. The summed E-state index contributed by atoms with van der Waals surface area (Å²) in [6, 6.07) is 6.93. The zero-order chi connectivity index (χ0) is 21.5. The summed E-state index contributed by atoms with van der Waals surface area (Å²) in [4.78, 5) is 27.2. The first-order valence-corrected chi connectivity index (χ1v) is 11.0. The molecule has 5 rings (SSSR count). The molecule has 31 heavy (non-hydrogen) atoms. The molecular weight excluding hydrogens is 422 g/mol. The van der Waals surface area contributed by atoms with Gasteiger partial charge in [0.05, 0.1) is 35.6 Å². The van der Waals surface area contributed by atoms with Crippen LogP contribution in [0.3, 0.4) is 0 Å². The van der Waals surface area contributed by atoms with Gasteiger partial charge in [0, 0.05) is 13.1 Å². The van der Waals surface area contributed by atoms with E-state index in [1.807, 2.05) is 29.2 Å². The largest absolute Gasteiger partial charge is 0.390 e. The maximum absolute atomic E-state index is 13.2. The summed E-state index contributed by atoms with van der Waals surface area (Å²) >= 11 is 1.37. The Hall–Kier alpha value is -2.57. The number of rotatable bonds is 4. The number of nitrogens with zero attached hydrogens (tertiary/aromatic N) is 3. The van der Waals surface area contributed by atoms with Crippen LogP contribution >= 0.6 is 11.3 Å². The number of anilines is 2. The van der Waals surface area contributed by atoms with Gasteiger partial charge in [-0.15, -0.1) is 11.3 Å². The first kappa shape index (κ1) is 20.3. The van der Waals surface area contributed by atoms with Gasteiger partial charge in [-0.05, 0) is 18.6 Å². The molecule has 0 bridgehead atoms. The van der Waals surface area contributed by atoms with Crippen LogP contribution in [0.5, 0.6) is 0 Å². The van der Waals surface area contributed by atoms with Gasteiger partial charge in [0.2, 0.25) is 5.95 Å². The Morgan fingerprint density at radius 3 is 2.61 bits per heavy atom. The molecule has 0 amide bonds. The van der Waals surface area contributed by atoms with Crippen LogP contribution in [0.25, 0.3) is 20.8 Å². The second-order valence-corrected chi connectivity index (χ2v) is 8.77. The molecule has 2 fully saturated rings. The van der Waals surface area contributed by atoms with E-state index < -0.39 is 24.4 Å². The van der Waals surface area contributed by atoms with Crippen molar-refractivity contribution in [3.63, 3.8) is 0 Å². The molecule has 1 aliphatic heterocycles. The lowest BCUT2D eigenvalue weighted by Gasteiger charge is -2.28. The Bertz CT molecular complexity index is 1110. The lowest BCUT2D eigenvalue weighted by molar-refractivity contribution is -0.0196. The molecule has 0 unspecified atom stereocenters. The monoisotopic (exact) mass is 445 g/mol. The molecule has 0 spiro atoms. The third-order valence-corrected chi connectivity index (χ3v) is 6.75. The summed E-state index contributed by atoms with van der Waals surface area (Å²) in [5, 5.41) is 33.8.